The molecule has 3 aromatic carbocycles. The second-order valence-electron chi connectivity index (χ2n) is 9.00. The predicted molar refractivity (Wildman–Crippen MR) is 146 cm³/mol. The first-order valence-corrected chi connectivity index (χ1v) is 14.1. The Balaban J connectivity index is 2.05. The van der Waals surface area contributed by atoms with E-state index >= 15 is 0 Å². The lowest BCUT2D eigenvalue weighted by Gasteiger charge is -2.33. The van der Waals surface area contributed by atoms with E-state index in [1.54, 1.807) is 19.1 Å². The monoisotopic (exact) mass is 539 g/mol. The van der Waals surface area contributed by atoms with Gasteiger partial charge in [0.1, 0.15) is 18.4 Å². The van der Waals surface area contributed by atoms with Gasteiger partial charge in [0.15, 0.2) is 0 Å². The first-order chi connectivity index (χ1) is 18.2. The van der Waals surface area contributed by atoms with Crippen molar-refractivity contribution >= 4 is 27.5 Å². The molecule has 7 nitrogen and oxygen atoms in total. The highest BCUT2D eigenvalue weighted by Gasteiger charge is 2.34. The first-order valence-electron chi connectivity index (χ1n) is 12.6. The molecule has 0 radical (unpaired) electrons. The molecule has 0 heterocycles. The van der Waals surface area contributed by atoms with Crippen LogP contribution in [0.5, 0.6) is 0 Å². The summed E-state index contributed by atoms with van der Waals surface area (Å²) in [6.07, 6.45) is 1.04. The van der Waals surface area contributed by atoms with Crippen molar-refractivity contribution in [2.24, 2.45) is 0 Å². The number of benzene rings is 3. The van der Waals surface area contributed by atoms with Crippen molar-refractivity contribution in [2.75, 3.05) is 17.4 Å². The van der Waals surface area contributed by atoms with Crippen molar-refractivity contribution in [3.05, 3.63) is 95.8 Å². The standard InChI is InChI=1S/C29H34FN3O4S/c1-4-19-31-29(35)26(5-2)32(20-23-11-7-6-8-12-23)28(34)21-33(27-14-10-9-13-25(27)30)38(36,37)24-17-15-22(3)16-18-24/h6-18,26H,4-5,19-21H2,1-3H3,(H,31,35)/t26-/m0/s1. The number of halogens is 1. The summed E-state index contributed by atoms with van der Waals surface area (Å²) >= 11 is 0. The summed E-state index contributed by atoms with van der Waals surface area (Å²) in [6.45, 7) is 5.40. The molecule has 38 heavy (non-hydrogen) atoms. The Kier molecular flexibility index (Phi) is 10.0. The number of amides is 2. The third-order valence-electron chi connectivity index (χ3n) is 6.14. The summed E-state index contributed by atoms with van der Waals surface area (Å²) in [5, 5.41) is 2.84. The van der Waals surface area contributed by atoms with E-state index in [1.807, 2.05) is 44.2 Å². The molecule has 0 spiro atoms. The predicted octanol–water partition coefficient (Wildman–Crippen LogP) is 4.66. The Morgan fingerprint density at radius 3 is 2.16 bits per heavy atom. The molecule has 3 aromatic rings. The smallest absolute Gasteiger partial charge is 0.264 e. The fraction of sp³-hybridized carbons (Fsp3) is 0.310. The molecule has 0 fully saturated rings. The van der Waals surface area contributed by atoms with Gasteiger partial charge in [-0.2, -0.15) is 0 Å². The molecule has 0 aliphatic rings. The van der Waals surface area contributed by atoms with Gasteiger partial charge in [-0.3, -0.25) is 13.9 Å². The molecule has 0 aromatic heterocycles. The van der Waals surface area contributed by atoms with Crippen LogP contribution in [0.3, 0.4) is 0 Å². The molecule has 9 heteroatoms. The normalized spacial score (nSPS) is 12.0. The van der Waals surface area contributed by atoms with Gasteiger partial charge in [-0.25, -0.2) is 12.8 Å². The van der Waals surface area contributed by atoms with E-state index in [4.69, 9.17) is 0 Å². The van der Waals surface area contributed by atoms with Gasteiger partial charge in [0.2, 0.25) is 11.8 Å². The maximum atomic E-state index is 14.9. The molecule has 0 saturated carbocycles. The Morgan fingerprint density at radius 2 is 1.55 bits per heavy atom. The highest BCUT2D eigenvalue weighted by atomic mass is 32.2. The highest BCUT2D eigenvalue weighted by molar-refractivity contribution is 7.92. The zero-order chi connectivity index (χ0) is 27.7. The second-order valence-corrected chi connectivity index (χ2v) is 10.9. The molecule has 0 saturated heterocycles. The van der Waals surface area contributed by atoms with Crippen molar-refractivity contribution in [1.82, 2.24) is 10.2 Å². The molecule has 0 aliphatic heterocycles. The minimum absolute atomic E-state index is 0.0681. The van der Waals surface area contributed by atoms with E-state index < -0.39 is 34.3 Å². The zero-order valence-electron chi connectivity index (χ0n) is 21.9. The van der Waals surface area contributed by atoms with Gasteiger partial charge in [-0.05, 0) is 49.6 Å². The summed E-state index contributed by atoms with van der Waals surface area (Å²) in [7, 11) is -4.32. The fourth-order valence-corrected chi connectivity index (χ4v) is 5.49. The fourth-order valence-electron chi connectivity index (χ4n) is 4.07. The number of carbonyl (C=O) groups excluding carboxylic acids is 2. The number of sulfonamides is 1. The highest BCUT2D eigenvalue weighted by Crippen LogP contribution is 2.27. The Bertz CT molecular complexity index is 1330. The molecule has 0 aliphatic carbocycles. The molecule has 202 valence electrons. The van der Waals surface area contributed by atoms with Gasteiger partial charge in [0, 0.05) is 13.1 Å². The molecule has 1 atom stereocenters. The van der Waals surface area contributed by atoms with Crippen molar-refractivity contribution in [3.63, 3.8) is 0 Å². The quantitative estimate of drug-likeness (QED) is 0.363. The maximum Gasteiger partial charge on any atom is 0.264 e. The number of para-hydroxylation sites is 1. The van der Waals surface area contributed by atoms with Gasteiger partial charge < -0.3 is 10.2 Å². The summed E-state index contributed by atoms with van der Waals surface area (Å²) in [5.41, 5.74) is 1.39. The third-order valence-corrected chi connectivity index (χ3v) is 7.91. The van der Waals surface area contributed by atoms with Gasteiger partial charge >= 0.3 is 0 Å². The van der Waals surface area contributed by atoms with Gasteiger partial charge in [0.05, 0.1) is 10.6 Å². The van der Waals surface area contributed by atoms with Crippen LogP contribution in [0.4, 0.5) is 10.1 Å². The number of nitrogens with zero attached hydrogens (tertiary/aromatic N) is 2. The lowest BCUT2D eigenvalue weighted by molar-refractivity contribution is -0.140. The number of hydrogen-bond acceptors (Lipinski definition) is 4. The minimum atomic E-state index is -4.32. The zero-order valence-corrected chi connectivity index (χ0v) is 22.7. The molecular weight excluding hydrogens is 505 g/mol. The lowest BCUT2D eigenvalue weighted by atomic mass is 10.1. The first kappa shape index (κ1) is 28.8. The molecule has 0 bridgehead atoms. The number of rotatable bonds is 12. The van der Waals surface area contributed by atoms with Crippen LogP contribution < -0.4 is 9.62 Å². The van der Waals surface area contributed by atoms with Gasteiger partial charge in [-0.1, -0.05) is 74.0 Å². The molecule has 3 rings (SSSR count). The van der Waals surface area contributed by atoms with Gasteiger partial charge in [-0.15, -0.1) is 0 Å². The number of hydrogen-bond donors (Lipinski definition) is 1. The maximum absolute atomic E-state index is 14.9. The van der Waals surface area contributed by atoms with Crippen molar-refractivity contribution in [2.45, 2.75) is 51.1 Å². The third kappa shape index (κ3) is 6.98. The summed E-state index contributed by atoms with van der Waals surface area (Å²) in [4.78, 5) is 28.2. The Morgan fingerprint density at radius 1 is 0.921 bits per heavy atom. The van der Waals surface area contributed by atoms with Crippen molar-refractivity contribution in [3.8, 4) is 0 Å². The van der Waals surface area contributed by atoms with E-state index in [2.05, 4.69) is 5.32 Å². The van der Waals surface area contributed by atoms with Crippen LogP contribution in [0.2, 0.25) is 0 Å². The SMILES string of the molecule is CCCNC(=O)[C@H](CC)N(Cc1ccccc1)C(=O)CN(c1ccccc1F)S(=O)(=O)c1ccc(C)cc1. The molecule has 2 amide bonds. The van der Waals surface area contributed by atoms with E-state index in [1.165, 1.54) is 35.2 Å². The molecular formula is C29H34FN3O4S. The Hall–Kier alpha value is -3.72. The average Bonchev–Trinajstić information content (AvgIpc) is 2.91. The van der Waals surface area contributed by atoms with Crippen LogP contribution in [0.25, 0.3) is 0 Å². The van der Waals surface area contributed by atoms with Gasteiger partial charge in [0.25, 0.3) is 10.0 Å². The summed E-state index contributed by atoms with van der Waals surface area (Å²) < 4.78 is 43.2. The van der Waals surface area contributed by atoms with E-state index in [-0.39, 0.29) is 23.0 Å². The van der Waals surface area contributed by atoms with Crippen LogP contribution >= 0.6 is 0 Å². The largest absolute Gasteiger partial charge is 0.354 e. The average molecular weight is 540 g/mol. The van der Waals surface area contributed by atoms with Crippen molar-refractivity contribution in [1.29, 1.82) is 0 Å². The molecule has 1 N–H and O–H groups in total. The number of aryl methyl sites for hydroxylation is 1. The Labute approximate surface area is 224 Å². The summed E-state index contributed by atoms with van der Waals surface area (Å²) in [6, 6.07) is 19.9. The molecule has 0 unspecified atom stereocenters. The number of carbonyl (C=O) groups is 2. The number of anilines is 1. The topological polar surface area (TPSA) is 86.8 Å². The van der Waals surface area contributed by atoms with E-state index in [0.29, 0.717) is 13.0 Å². The van der Waals surface area contributed by atoms with E-state index in [9.17, 15) is 22.4 Å². The van der Waals surface area contributed by atoms with Crippen LogP contribution in [0.15, 0.2) is 83.8 Å². The second kappa shape index (κ2) is 13.2. The summed E-state index contributed by atoms with van der Waals surface area (Å²) in [5.74, 6) is -1.72. The van der Waals surface area contributed by atoms with Crippen molar-refractivity contribution < 1.29 is 22.4 Å². The van der Waals surface area contributed by atoms with Crippen LogP contribution in [0.1, 0.15) is 37.8 Å². The lowest BCUT2D eigenvalue weighted by Crippen LogP contribution is -2.52. The van der Waals surface area contributed by atoms with Crippen LogP contribution in [-0.2, 0) is 26.2 Å². The van der Waals surface area contributed by atoms with E-state index in [0.717, 1.165) is 27.9 Å². The number of nitrogens with one attached hydrogen (secondary N) is 1. The van der Waals surface area contributed by atoms with Crippen LogP contribution in [0, 0.1) is 12.7 Å². The van der Waals surface area contributed by atoms with Crippen LogP contribution in [-0.4, -0.2) is 44.3 Å². The minimum Gasteiger partial charge on any atom is -0.354 e.